The normalized spacial score (nSPS) is 16.9. The summed E-state index contributed by atoms with van der Waals surface area (Å²) in [7, 11) is -7.63. The van der Waals surface area contributed by atoms with Gasteiger partial charge in [-0.2, -0.15) is 13.2 Å². The molecule has 9 nitrogen and oxygen atoms in total. The highest BCUT2D eigenvalue weighted by Gasteiger charge is 2.38. The van der Waals surface area contributed by atoms with Crippen molar-refractivity contribution < 1.29 is 34.8 Å². The number of nitrogens with one attached hydrogen (secondary N) is 3. The van der Waals surface area contributed by atoms with Crippen LogP contribution < -0.4 is 15.4 Å². The molecule has 14 heteroatoms. The molecule has 2 aromatic rings. The number of nitrogens with zero attached hydrogens (tertiary/aromatic N) is 1. The first kappa shape index (κ1) is 27.9. The summed E-state index contributed by atoms with van der Waals surface area (Å²) in [6.07, 6.45) is -3.36. The van der Waals surface area contributed by atoms with Crippen molar-refractivity contribution in [1.29, 1.82) is 0 Å². The van der Waals surface area contributed by atoms with Crippen LogP contribution in [0.2, 0.25) is 0 Å². The molecule has 0 spiro atoms. The third-order valence-electron chi connectivity index (χ3n) is 5.62. The molecule has 0 aliphatic carbocycles. The van der Waals surface area contributed by atoms with Crippen molar-refractivity contribution >= 4 is 25.9 Å². The molecule has 0 aromatic heterocycles. The Labute approximate surface area is 208 Å². The predicted molar refractivity (Wildman–Crippen MR) is 126 cm³/mol. The zero-order valence-electron chi connectivity index (χ0n) is 19.4. The monoisotopic (exact) mass is 548 g/mol. The molecule has 0 saturated carbocycles. The van der Waals surface area contributed by atoms with Gasteiger partial charge in [-0.25, -0.2) is 26.4 Å². The molecule has 3 N–H and O–H groups in total. The van der Waals surface area contributed by atoms with Crippen LogP contribution in [0.15, 0.2) is 63.2 Å². The van der Waals surface area contributed by atoms with Crippen molar-refractivity contribution in [2.75, 3.05) is 33.2 Å². The van der Waals surface area contributed by atoms with Gasteiger partial charge in [0.1, 0.15) is 0 Å². The van der Waals surface area contributed by atoms with Crippen molar-refractivity contribution in [2.24, 2.45) is 0 Å². The Morgan fingerprint density at radius 2 is 1.78 bits per heavy atom. The minimum Gasteiger partial charge on any atom is -0.334 e. The van der Waals surface area contributed by atoms with E-state index in [1.54, 1.807) is 6.07 Å². The fourth-order valence-corrected chi connectivity index (χ4v) is 6.30. The van der Waals surface area contributed by atoms with Crippen LogP contribution >= 0.6 is 0 Å². The van der Waals surface area contributed by atoms with E-state index < -0.39 is 47.4 Å². The molecule has 0 unspecified atom stereocenters. The fraction of sp³-hybridized carbons (Fsp3) is 0.409. The summed E-state index contributed by atoms with van der Waals surface area (Å²) in [5.41, 5.74) is -1.50. The lowest BCUT2D eigenvalue weighted by atomic mass is 10.1. The highest BCUT2D eigenvalue weighted by Crippen LogP contribution is 2.36. The van der Waals surface area contributed by atoms with Gasteiger partial charge in [0.25, 0.3) is 0 Å². The average molecular weight is 549 g/mol. The van der Waals surface area contributed by atoms with Gasteiger partial charge < -0.3 is 15.5 Å². The van der Waals surface area contributed by atoms with Crippen molar-refractivity contribution in [3.8, 4) is 0 Å². The van der Waals surface area contributed by atoms with Crippen molar-refractivity contribution in [2.45, 2.75) is 39.7 Å². The third kappa shape index (κ3) is 6.75. The highest BCUT2D eigenvalue weighted by atomic mass is 32.2. The molecule has 0 bridgehead atoms. The second-order valence-electron chi connectivity index (χ2n) is 8.28. The number of amides is 2. The van der Waals surface area contributed by atoms with Crippen LogP contribution in [-0.4, -0.2) is 67.0 Å². The van der Waals surface area contributed by atoms with E-state index in [9.17, 15) is 34.8 Å². The first-order chi connectivity index (χ1) is 16.8. The Kier molecular flexibility index (Phi) is 8.64. The summed E-state index contributed by atoms with van der Waals surface area (Å²) in [5.74, 6) is 0. The third-order valence-corrected chi connectivity index (χ3v) is 8.89. The zero-order valence-corrected chi connectivity index (χ0v) is 21.0. The number of carbonyl (C=O) groups excluding carboxylic acids is 1. The van der Waals surface area contributed by atoms with Gasteiger partial charge in [-0.05, 0) is 49.7 Å². The number of sulfone groups is 1. The molecular weight excluding hydrogens is 521 g/mol. The zero-order chi connectivity index (χ0) is 26.6. The molecule has 1 aliphatic heterocycles. The molecule has 1 heterocycles. The van der Waals surface area contributed by atoms with Gasteiger partial charge in [0.15, 0.2) is 0 Å². The standard InChI is InChI=1S/C22H27F3N4O5S2/c1-29(21(30)28-16-6-5-11-26-15-16)13-12-27-36(33,34)20-14-18(9-10-19(20)22(23,24)25)35(31,32)17-7-3-2-4-8-17/h2-4,7-10,14,16,26-27H,5-6,11-13,15H2,1H3,(H,28,30)/t16-/m0/s1. The average Bonchev–Trinajstić information content (AvgIpc) is 2.84. The Hall–Kier alpha value is -2.68. The second kappa shape index (κ2) is 11.2. The number of hydrogen-bond acceptors (Lipinski definition) is 6. The molecule has 2 amide bonds. The van der Waals surface area contributed by atoms with E-state index in [2.05, 4.69) is 10.6 Å². The number of halogens is 3. The topological polar surface area (TPSA) is 125 Å². The summed E-state index contributed by atoms with van der Waals surface area (Å²) in [4.78, 5) is 11.5. The first-order valence-electron chi connectivity index (χ1n) is 11.1. The lowest BCUT2D eigenvalue weighted by Crippen LogP contribution is -2.50. The van der Waals surface area contributed by atoms with Gasteiger partial charge in [0.2, 0.25) is 19.9 Å². The van der Waals surface area contributed by atoms with Crippen LogP contribution in [0.1, 0.15) is 18.4 Å². The molecule has 2 aromatic carbocycles. The molecule has 36 heavy (non-hydrogen) atoms. The van der Waals surface area contributed by atoms with E-state index >= 15 is 0 Å². The van der Waals surface area contributed by atoms with E-state index in [1.807, 2.05) is 4.72 Å². The molecule has 1 fully saturated rings. The maximum atomic E-state index is 13.6. The molecule has 1 saturated heterocycles. The van der Waals surface area contributed by atoms with Crippen molar-refractivity contribution in [3.05, 3.63) is 54.1 Å². The number of rotatable bonds is 8. The number of piperidine rings is 1. The summed E-state index contributed by atoms with van der Waals surface area (Å²) >= 11 is 0. The number of urea groups is 1. The van der Waals surface area contributed by atoms with E-state index in [4.69, 9.17) is 0 Å². The molecule has 1 atom stereocenters. The summed E-state index contributed by atoms with van der Waals surface area (Å²) in [6, 6.07) is 8.08. The number of benzene rings is 2. The van der Waals surface area contributed by atoms with E-state index in [0.29, 0.717) is 18.7 Å². The minimum absolute atomic E-state index is 0.0750. The van der Waals surface area contributed by atoms with Gasteiger partial charge in [-0.15, -0.1) is 0 Å². The molecule has 3 rings (SSSR count). The number of likely N-dealkylation sites (N-methyl/N-ethyl adjacent to an activating group) is 1. The number of carbonyl (C=O) groups is 1. The first-order valence-corrected chi connectivity index (χ1v) is 14.0. The summed E-state index contributed by atoms with van der Waals surface area (Å²) < 4.78 is 94.3. The Morgan fingerprint density at radius 3 is 2.39 bits per heavy atom. The largest absolute Gasteiger partial charge is 0.417 e. The lowest BCUT2D eigenvalue weighted by molar-refractivity contribution is -0.139. The predicted octanol–water partition coefficient (Wildman–Crippen LogP) is 2.21. The molecule has 198 valence electrons. The second-order valence-corrected chi connectivity index (χ2v) is 12.0. The Bertz CT molecular complexity index is 1280. The summed E-state index contributed by atoms with van der Waals surface area (Å²) in [5, 5.41) is 5.94. The van der Waals surface area contributed by atoms with Crippen LogP contribution in [-0.2, 0) is 26.0 Å². The smallest absolute Gasteiger partial charge is 0.334 e. The Morgan fingerprint density at radius 1 is 1.08 bits per heavy atom. The van der Waals surface area contributed by atoms with Gasteiger partial charge in [-0.3, -0.25) is 0 Å². The maximum Gasteiger partial charge on any atom is 0.417 e. The van der Waals surface area contributed by atoms with E-state index in [-0.39, 0.29) is 24.0 Å². The number of hydrogen-bond donors (Lipinski definition) is 3. The van der Waals surface area contributed by atoms with E-state index in [0.717, 1.165) is 25.5 Å². The quantitative estimate of drug-likeness (QED) is 0.465. The van der Waals surface area contributed by atoms with Crippen molar-refractivity contribution in [3.63, 3.8) is 0 Å². The fourth-order valence-electron chi connectivity index (χ4n) is 3.65. The molecular formula is C22H27F3N4O5S2. The number of alkyl halides is 3. The van der Waals surface area contributed by atoms with Crippen LogP contribution in [0.3, 0.4) is 0 Å². The lowest BCUT2D eigenvalue weighted by Gasteiger charge is -2.26. The van der Waals surface area contributed by atoms with Gasteiger partial charge >= 0.3 is 12.2 Å². The maximum absolute atomic E-state index is 13.6. The molecule has 0 radical (unpaired) electrons. The van der Waals surface area contributed by atoms with Crippen LogP contribution in [0.4, 0.5) is 18.0 Å². The van der Waals surface area contributed by atoms with E-state index in [1.165, 1.54) is 36.2 Å². The van der Waals surface area contributed by atoms with Crippen LogP contribution in [0.25, 0.3) is 0 Å². The van der Waals surface area contributed by atoms with Crippen LogP contribution in [0.5, 0.6) is 0 Å². The summed E-state index contributed by atoms with van der Waals surface area (Å²) in [6.45, 7) is 0.948. The van der Waals surface area contributed by atoms with Crippen LogP contribution in [0, 0.1) is 0 Å². The minimum atomic E-state index is -5.05. The van der Waals surface area contributed by atoms with Gasteiger partial charge in [0.05, 0.1) is 20.2 Å². The molecule has 1 aliphatic rings. The highest BCUT2D eigenvalue weighted by molar-refractivity contribution is 7.91. The van der Waals surface area contributed by atoms with Gasteiger partial charge in [0, 0.05) is 32.7 Å². The van der Waals surface area contributed by atoms with Gasteiger partial charge in [-0.1, -0.05) is 18.2 Å². The number of sulfonamides is 1. The SMILES string of the molecule is CN(CCNS(=O)(=O)c1cc(S(=O)(=O)c2ccccc2)ccc1C(F)(F)F)C(=O)N[C@H]1CCCNC1. The van der Waals surface area contributed by atoms with Crippen molar-refractivity contribution in [1.82, 2.24) is 20.3 Å². The Balaban J connectivity index is 1.78.